The van der Waals surface area contributed by atoms with Gasteiger partial charge in [-0.2, -0.15) is 4.31 Å². The van der Waals surface area contributed by atoms with Gasteiger partial charge in [-0.05, 0) is 43.3 Å². The first-order valence-electron chi connectivity index (χ1n) is 9.52. The van der Waals surface area contributed by atoms with Gasteiger partial charge in [-0.3, -0.25) is 14.4 Å². The molecular weight excluding hydrogens is 438 g/mol. The van der Waals surface area contributed by atoms with Crippen molar-refractivity contribution in [3.63, 3.8) is 0 Å². The molecular formula is C21H25N3O7S. The van der Waals surface area contributed by atoms with Gasteiger partial charge >= 0.3 is 5.97 Å². The molecule has 0 saturated carbocycles. The number of carbonyl (C=O) groups is 3. The molecule has 0 aliphatic carbocycles. The van der Waals surface area contributed by atoms with Crippen LogP contribution in [0.2, 0.25) is 0 Å². The Bertz CT molecular complexity index is 1080. The molecule has 0 heterocycles. The van der Waals surface area contributed by atoms with Crippen LogP contribution in [0.5, 0.6) is 5.75 Å². The number of nitrogens with zero attached hydrogens (tertiary/aromatic N) is 1. The number of hydrogen-bond acceptors (Lipinski definition) is 7. The third-order valence-corrected chi connectivity index (χ3v) is 6.09. The van der Waals surface area contributed by atoms with E-state index in [2.05, 4.69) is 10.6 Å². The molecule has 0 aliphatic rings. The van der Waals surface area contributed by atoms with E-state index in [1.54, 1.807) is 24.3 Å². The molecule has 1 atom stereocenters. The molecule has 2 amide bonds. The fourth-order valence-corrected chi connectivity index (χ4v) is 3.75. The highest BCUT2D eigenvalue weighted by Gasteiger charge is 2.26. The maximum atomic E-state index is 12.7. The second-order valence-electron chi connectivity index (χ2n) is 6.79. The maximum Gasteiger partial charge on any atom is 0.322 e. The van der Waals surface area contributed by atoms with Gasteiger partial charge in [-0.15, -0.1) is 0 Å². The average molecular weight is 464 g/mol. The molecule has 11 heteroatoms. The van der Waals surface area contributed by atoms with E-state index in [1.807, 2.05) is 0 Å². The third-order valence-electron chi connectivity index (χ3n) is 4.28. The zero-order valence-electron chi connectivity index (χ0n) is 18.1. The molecule has 0 aromatic heterocycles. The van der Waals surface area contributed by atoms with Crippen LogP contribution in [0.25, 0.3) is 0 Å². The summed E-state index contributed by atoms with van der Waals surface area (Å²) in [5.41, 5.74) is 0.846. The Labute approximate surface area is 186 Å². The van der Waals surface area contributed by atoms with E-state index in [1.165, 1.54) is 52.3 Å². The lowest BCUT2D eigenvalue weighted by molar-refractivity contribution is -0.153. The van der Waals surface area contributed by atoms with Crippen molar-refractivity contribution in [3.05, 3.63) is 48.5 Å². The van der Waals surface area contributed by atoms with Crippen LogP contribution in [-0.2, 0) is 29.1 Å². The van der Waals surface area contributed by atoms with Crippen molar-refractivity contribution in [3.8, 4) is 5.75 Å². The summed E-state index contributed by atoms with van der Waals surface area (Å²) in [4.78, 5) is 35.5. The molecule has 0 spiro atoms. The van der Waals surface area contributed by atoms with Crippen molar-refractivity contribution in [2.75, 3.05) is 31.3 Å². The first-order chi connectivity index (χ1) is 15.0. The number of likely N-dealkylation sites (N-methyl/N-ethyl adjacent to an activating group) is 1. The summed E-state index contributed by atoms with van der Waals surface area (Å²) in [6.07, 6.45) is -1.17. The number of para-hydroxylation sites is 2. The number of benzene rings is 2. The molecule has 0 fully saturated rings. The van der Waals surface area contributed by atoms with Gasteiger partial charge in [0, 0.05) is 19.7 Å². The van der Waals surface area contributed by atoms with E-state index in [0.717, 1.165) is 4.31 Å². The minimum atomic E-state index is -3.99. The normalized spacial score (nSPS) is 12.0. The zero-order chi connectivity index (χ0) is 23.9. The van der Waals surface area contributed by atoms with Gasteiger partial charge in [-0.1, -0.05) is 12.1 Å². The molecule has 172 valence electrons. The lowest BCUT2D eigenvalue weighted by Crippen LogP contribution is -2.37. The predicted octanol–water partition coefficient (Wildman–Crippen LogP) is 1.84. The minimum absolute atomic E-state index is 0.0659. The lowest BCUT2D eigenvalue weighted by atomic mass is 10.2. The van der Waals surface area contributed by atoms with Gasteiger partial charge < -0.3 is 20.1 Å². The van der Waals surface area contributed by atoms with Crippen molar-refractivity contribution in [2.45, 2.75) is 24.8 Å². The summed E-state index contributed by atoms with van der Waals surface area (Å²) in [5, 5.41) is 5.13. The third kappa shape index (κ3) is 6.53. The number of sulfonamides is 1. The van der Waals surface area contributed by atoms with Gasteiger partial charge in [0.2, 0.25) is 15.9 Å². The monoisotopic (exact) mass is 463 g/mol. The second kappa shape index (κ2) is 10.7. The topological polar surface area (TPSA) is 131 Å². The molecule has 0 aliphatic heterocycles. The fourth-order valence-electron chi connectivity index (χ4n) is 2.63. The molecule has 10 nitrogen and oxygen atoms in total. The van der Waals surface area contributed by atoms with Crippen LogP contribution in [-0.4, -0.2) is 57.3 Å². The standard InChI is InChI=1S/C21H25N3O7S/c1-14(21(27)23-18-7-5-6-8-19(18)30-4)31-20(26)13-24(3)32(28,29)17-11-9-16(10-12-17)22-15(2)25/h5-12,14H,13H2,1-4H3,(H,22,25)(H,23,27). The van der Waals surface area contributed by atoms with Crippen LogP contribution in [0.4, 0.5) is 11.4 Å². The molecule has 1 unspecified atom stereocenters. The number of amides is 2. The highest BCUT2D eigenvalue weighted by Crippen LogP contribution is 2.23. The SMILES string of the molecule is COc1ccccc1NC(=O)C(C)OC(=O)CN(C)S(=O)(=O)c1ccc(NC(C)=O)cc1. The molecule has 32 heavy (non-hydrogen) atoms. The Balaban J connectivity index is 1.97. The molecule has 0 radical (unpaired) electrons. The lowest BCUT2D eigenvalue weighted by Gasteiger charge is -2.19. The van der Waals surface area contributed by atoms with Crippen molar-refractivity contribution < 1.29 is 32.3 Å². The molecule has 0 bridgehead atoms. The first-order valence-corrected chi connectivity index (χ1v) is 11.0. The zero-order valence-corrected chi connectivity index (χ0v) is 18.9. The van der Waals surface area contributed by atoms with Crippen molar-refractivity contribution >= 4 is 39.2 Å². The number of hydrogen-bond donors (Lipinski definition) is 2. The minimum Gasteiger partial charge on any atom is -0.495 e. The van der Waals surface area contributed by atoms with E-state index in [4.69, 9.17) is 9.47 Å². The van der Waals surface area contributed by atoms with Crippen molar-refractivity contribution in [1.29, 1.82) is 0 Å². The number of rotatable bonds is 9. The smallest absolute Gasteiger partial charge is 0.322 e. The van der Waals surface area contributed by atoms with E-state index < -0.39 is 34.5 Å². The van der Waals surface area contributed by atoms with Crippen molar-refractivity contribution in [2.24, 2.45) is 0 Å². The van der Waals surface area contributed by atoms with Crippen molar-refractivity contribution in [1.82, 2.24) is 4.31 Å². The molecule has 0 saturated heterocycles. The molecule has 2 N–H and O–H groups in total. The first kappa shape index (κ1) is 24.8. The Morgan fingerprint density at radius 2 is 1.66 bits per heavy atom. The van der Waals surface area contributed by atoms with Gasteiger partial charge in [-0.25, -0.2) is 8.42 Å². The summed E-state index contributed by atoms with van der Waals surface area (Å²) in [7, 11) is -1.31. The van der Waals surface area contributed by atoms with Crippen LogP contribution in [0.15, 0.2) is 53.4 Å². The Morgan fingerprint density at radius 1 is 1.03 bits per heavy atom. The van der Waals surface area contributed by atoms with Crippen LogP contribution in [0.1, 0.15) is 13.8 Å². The number of methoxy groups -OCH3 is 1. The van der Waals surface area contributed by atoms with Gasteiger partial charge in [0.05, 0.1) is 17.7 Å². The predicted molar refractivity (Wildman–Crippen MR) is 118 cm³/mol. The highest BCUT2D eigenvalue weighted by molar-refractivity contribution is 7.89. The van der Waals surface area contributed by atoms with Crippen LogP contribution in [0, 0.1) is 0 Å². The number of ether oxygens (including phenoxy) is 2. The summed E-state index contributed by atoms with van der Waals surface area (Å²) in [6.45, 7) is 2.11. The van der Waals surface area contributed by atoms with E-state index >= 15 is 0 Å². The second-order valence-corrected chi connectivity index (χ2v) is 8.83. The Hall–Kier alpha value is -3.44. The summed E-state index contributed by atoms with van der Waals surface area (Å²) in [5.74, 6) is -1.34. The largest absolute Gasteiger partial charge is 0.495 e. The number of esters is 1. The quantitative estimate of drug-likeness (QED) is 0.543. The van der Waals surface area contributed by atoms with E-state index in [-0.39, 0.29) is 10.8 Å². The van der Waals surface area contributed by atoms with Gasteiger partial charge in [0.25, 0.3) is 5.91 Å². The number of anilines is 2. The number of carbonyl (C=O) groups excluding carboxylic acids is 3. The Kier molecular flexibility index (Phi) is 8.33. The van der Waals surface area contributed by atoms with E-state index in [0.29, 0.717) is 17.1 Å². The van der Waals surface area contributed by atoms with Gasteiger partial charge in [0.1, 0.15) is 12.3 Å². The van der Waals surface area contributed by atoms with Crippen LogP contribution in [0.3, 0.4) is 0 Å². The molecule has 2 aromatic carbocycles. The molecule has 2 aromatic rings. The summed E-state index contributed by atoms with van der Waals surface area (Å²) >= 11 is 0. The highest BCUT2D eigenvalue weighted by atomic mass is 32.2. The average Bonchev–Trinajstić information content (AvgIpc) is 2.73. The maximum absolute atomic E-state index is 12.7. The van der Waals surface area contributed by atoms with Crippen LogP contribution >= 0.6 is 0 Å². The van der Waals surface area contributed by atoms with Gasteiger partial charge in [0.15, 0.2) is 6.10 Å². The Morgan fingerprint density at radius 3 is 2.25 bits per heavy atom. The molecule has 2 rings (SSSR count). The number of nitrogens with one attached hydrogen (secondary N) is 2. The van der Waals surface area contributed by atoms with Crippen LogP contribution < -0.4 is 15.4 Å². The van der Waals surface area contributed by atoms with E-state index in [9.17, 15) is 22.8 Å². The fraction of sp³-hybridized carbons (Fsp3) is 0.286. The summed E-state index contributed by atoms with van der Waals surface area (Å²) < 4.78 is 36.4. The summed E-state index contributed by atoms with van der Waals surface area (Å²) in [6, 6.07) is 12.2.